The predicted octanol–water partition coefficient (Wildman–Crippen LogP) is 1.80. The van der Waals surface area contributed by atoms with E-state index >= 15 is 0 Å². The Kier molecular flexibility index (Phi) is 2.80. The van der Waals surface area contributed by atoms with E-state index in [1.54, 1.807) is 4.68 Å². The van der Waals surface area contributed by atoms with Gasteiger partial charge >= 0.3 is 0 Å². The Hall–Kier alpha value is -2.17. The lowest BCUT2D eigenvalue weighted by atomic mass is 10.2. The number of nitrogens with one attached hydrogen (secondary N) is 1. The SMILES string of the molecule is Cn1ccc(CNc2ccc3c(c2)OCCO3)n1. The standard InChI is InChI=1S/C13H15N3O2/c1-16-5-4-11(15-16)9-14-10-2-3-12-13(8-10)18-7-6-17-12/h2-5,8,14H,6-7,9H2,1H3. The Labute approximate surface area is 105 Å². The van der Waals surface area contributed by atoms with E-state index in [0.717, 1.165) is 22.9 Å². The van der Waals surface area contributed by atoms with E-state index in [2.05, 4.69) is 10.4 Å². The monoisotopic (exact) mass is 245 g/mol. The fourth-order valence-electron chi connectivity index (χ4n) is 1.90. The van der Waals surface area contributed by atoms with E-state index in [1.165, 1.54) is 0 Å². The van der Waals surface area contributed by atoms with E-state index in [0.29, 0.717) is 19.8 Å². The van der Waals surface area contributed by atoms with Gasteiger partial charge in [-0.25, -0.2) is 0 Å². The summed E-state index contributed by atoms with van der Waals surface area (Å²) >= 11 is 0. The molecule has 0 saturated carbocycles. The summed E-state index contributed by atoms with van der Waals surface area (Å²) in [6.07, 6.45) is 1.93. The third-order valence-corrected chi connectivity index (χ3v) is 2.78. The van der Waals surface area contributed by atoms with Crippen LogP contribution < -0.4 is 14.8 Å². The molecule has 0 bridgehead atoms. The zero-order valence-corrected chi connectivity index (χ0v) is 10.2. The van der Waals surface area contributed by atoms with Crippen molar-refractivity contribution in [2.45, 2.75) is 6.54 Å². The third kappa shape index (κ3) is 2.25. The number of anilines is 1. The number of rotatable bonds is 3. The van der Waals surface area contributed by atoms with Crippen LogP contribution in [-0.4, -0.2) is 23.0 Å². The highest BCUT2D eigenvalue weighted by Gasteiger charge is 2.11. The van der Waals surface area contributed by atoms with Gasteiger partial charge in [0.2, 0.25) is 0 Å². The minimum atomic E-state index is 0.608. The molecule has 1 aromatic carbocycles. The normalized spacial score (nSPS) is 13.4. The van der Waals surface area contributed by atoms with Crippen molar-refractivity contribution >= 4 is 5.69 Å². The van der Waals surface area contributed by atoms with Crippen LogP contribution >= 0.6 is 0 Å². The maximum Gasteiger partial charge on any atom is 0.163 e. The van der Waals surface area contributed by atoms with Gasteiger partial charge in [-0.3, -0.25) is 4.68 Å². The molecular weight excluding hydrogens is 230 g/mol. The lowest BCUT2D eigenvalue weighted by molar-refractivity contribution is 0.171. The molecule has 5 nitrogen and oxygen atoms in total. The molecule has 1 N–H and O–H groups in total. The summed E-state index contributed by atoms with van der Waals surface area (Å²) in [4.78, 5) is 0. The van der Waals surface area contributed by atoms with Gasteiger partial charge in [0.15, 0.2) is 11.5 Å². The number of benzene rings is 1. The second-order valence-electron chi connectivity index (χ2n) is 4.19. The fourth-order valence-corrected chi connectivity index (χ4v) is 1.90. The van der Waals surface area contributed by atoms with Crippen LogP contribution in [-0.2, 0) is 13.6 Å². The first kappa shape index (κ1) is 11.0. The molecule has 0 unspecified atom stereocenters. The van der Waals surface area contributed by atoms with Crippen molar-refractivity contribution in [3.8, 4) is 11.5 Å². The number of aryl methyl sites for hydroxylation is 1. The first-order valence-corrected chi connectivity index (χ1v) is 5.93. The van der Waals surface area contributed by atoms with E-state index in [1.807, 2.05) is 37.5 Å². The summed E-state index contributed by atoms with van der Waals surface area (Å²) < 4.78 is 12.8. The highest BCUT2D eigenvalue weighted by molar-refractivity contribution is 5.55. The molecule has 1 aliphatic heterocycles. The Balaban J connectivity index is 1.69. The molecule has 0 atom stereocenters. The molecular formula is C13H15N3O2. The van der Waals surface area contributed by atoms with Crippen LogP contribution in [0.25, 0.3) is 0 Å². The van der Waals surface area contributed by atoms with Gasteiger partial charge in [-0.15, -0.1) is 0 Å². The summed E-state index contributed by atoms with van der Waals surface area (Å²) in [5.74, 6) is 1.61. The van der Waals surface area contributed by atoms with E-state index in [-0.39, 0.29) is 0 Å². The lowest BCUT2D eigenvalue weighted by Gasteiger charge is -2.19. The minimum absolute atomic E-state index is 0.608. The minimum Gasteiger partial charge on any atom is -0.486 e. The average molecular weight is 245 g/mol. The highest BCUT2D eigenvalue weighted by Crippen LogP contribution is 2.32. The number of nitrogens with zero attached hydrogens (tertiary/aromatic N) is 2. The van der Waals surface area contributed by atoms with Crippen LogP contribution in [0.2, 0.25) is 0 Å². The van der Waals surface area contributed by atoms with Gasteiger partial charge in [-0.2, -0.15) is 5.10 Å². The Bertz CT molecular complexity index is 551. The second-order valence-corrected chi connectivity index (χ2v) is 4.19. The molecule has 5 heteroatoms. The van der Waals surface area contributed by atoms with Crippen molar-refractivity contribution < 1.29 is 9.47 Å². The van der Waals surface area contributed by atoms with Crippen LogP contribution in [0.3, 0.4) is 0 Å². The quantitative estimate of drug-likeness (QED) is 0.895. The van der Waals surface area contributed by atoms with Gasteiger partial charge in [0.1, 0.15) is 13.2 Å². The number of hydrogen-bond donors (Lipinski definition) is 1. The number of aromatic nitrogens is 2. The highest BCUT2D eigenvalue weighted by atomic mass is 16.6. The fraction of sp³-hybridized carbons (Fsp3) is 0.308. The zero-order valence-electron chi connectivity index (χ0n) is 10.2. The van der Waals surface area contributed by atoms with Crippen LogP contribution in [0.4, 0.5) is 5.69 Å². The third-order valence-electron chi connectivity index (χ3n) is 2.78. The molecule has 0 aliphatic carbocycles. The molecule has 0 saturated heterocycles. The molecule has 1 aliphatic rings. The summed E-state index contributed by atoms with van der Waals surface area (Å²) in [6, 6.07) is 7.86. The first-order chi connectivity index (χ1) is 8.81. The topological polar surface area (TPSA) is 48.3 Å². The zero-order chi connectivity index (χ0) is 12.4. The van der Waals surface area contributed by atoms with Crippen molar-refractivity contribution in [2.75, 3.05) is 18.5 Å². The maximum atomic E-state index is 5.54. The van der Waals surface area contributed by atoms with Gasteiger partial charge in [-0.05, 0) is 18.2 Å². The van der Waals surface area contributed by atoms with Crippen LogP contribution in [0.5, 0.6) is 11.5 Å². The smallest absolute Gasteiger partial charge is 0.163 e. The molecule has 0 spiro atoms. The van der Waals surface area contributed by atoms with Gasteiger partial charge in [0.25, 0.3) is 0 Å². The first-order valence-electron chi connectivity index (χ1n) is 5.93. The van der Waals surface area contributed by atoms with Gasteiger partial charge in [0.05, 0.1) is 12.2 Å². The number of hydrogen-bond acceptors (Lipinski definition) is 4. The van der Waals surface area contributed by atoms with E-state index in [4.69, 9.17) is 9.47 Å². The Morgan fingerprint density at radius 3 is 2.83 bits per heavy atom. The van der Waals surface area contributed by atoms with Crippen molar-refractivity contribution in [2.24, 2.45) is 7.05 Å². The Morgan fingerprint density at radius 2 is 2.06 bits per heavy atom. The summed E-state index contributed by atoms with van der Waals surface area (Å²) in [6.45, 7) is 1.92. The average Bonchev–Trinajstić information content (AvgIpc) is 2.82. The number of ether oxygens (including phenoxy) is 2. The summed E-state index contributed by atoms with van der Waals surface area (Å²) in [5, 5.41) is 7.62. The molecule has 0 fully saturated rings. The van der Waals surface area contributed by atoms with E-state index in [9.17, 15) is 0 Å². The molecule has 1 aromatic heterocycles. The van der Waals surface area contributed by atoms with Crippen molar-refractivity contribution in [3.63, 3.8) is 0 Å². The molecule has 0 amide bonds. The van der Waals surface area contributed by atoms with Crippen LogP contribution in [0, 0.1) is 0 Å². The van der Waals surface area contributed by atoms with Gasteiger partial charge in [-0.1, -0.05) is 0 Å². The molecule has 94 valence electrons. The largest absolute Gasteiger partial charge is 0.486 e. The lowest BCUT2D eigenvalue weighted by Crippen LogP contribution is -2.15. The molecule has 2 aromatic rings. The molecule has 2 heterocycles. The van der Waals surface area contributed by atoms with Crippen molar-refractivity contribution in [1.82, 2.24) is 9.78 Å². The van der Waals surface area contributed by atoms with Crippen LogP contribution in [0.1, 0.15) is 5.69 Å². The van der Waals surface area contributed by atoms with Gasteiger partial charge in [0, 0.05) is 25.0 Å². The van der Waals surface area contributed by atoms with Crippen molar-refractivity contribution in [3.05, 3.63) is 36.2 Å². The molecule has 3 rings (SSSR count). The predicted molar refractivity (Wildman–Crippen MR) is 68.0 cm³/mol. The molecule has 18 heavy (non-hydrogen) atoms. The maximum absolute atomic E-state index is 5.54. The van der Waals surface area contributed by atoms with Crippen LogP contribution in [0.15, 0.2) is 30.5 Å². The number of fused-ring (bicyclic) bond motifs is 1. The van der Waals surface area contributed by atoms with Crippen molar-refractivity contribution in [1.29, 1.82) is 0 Å². The van der Waals surface area contributed by atoms with E-state index < -0.39 is 0 Å². The molecule has 0 radical (unpaired) electrons. The Morgan fingerprint density at radius 1 is 1.22 bits per heavy atom. The van der Waals surface area contributed by atoms with Gasteiger partial charge < -0.3 is 14.8 Å². The summed E-state index contributed by atoms with van der Waals surface area (Å²) in [5.41, 5.74) is 2.01. The summed E-state index contributed by atoms with van der Waals surface area (Å²) in [7, 11) is 1.91. The second kappa shape index (κ2) is 4.60.